The average Bonchev–Trinajstić information content (AvgIpc) is 2.58. The maximum atomic E-state index is 13.6. The summed E-state index contributed by atoms with van der Waals surface area (Å²) in [5.74, 6) is -0.173. The van der Waals surface area contributed by atoms with E-state index in [1.807, 2.05) is 6.07 Å². The van der Waals surface area contributed by atoms with Crippen LogP contribution < -0.4 is 10.2 Å². The summed E-state index contributed by atoms with van der Waals surface area (Å²) in [6.07, 6.45) is 2.17. The van der Waals surface area contributed by atoms with Crippen molar-refractivity contribution in [3.8, 4) is 0 Å². The van der Waals surface area contributed by atoms with Crippen LogP contribution in [0.4, 0.5) is 15.8 Å². The van der Waals surface area contributed by atoms with Crippen LogP contribution in [0.5, 0.6) is 0 Å². The second kappa shape index (κ2) is 6.10. The molecule has 0 aromatic heterocycles. The van der Waals surface area contributed by atoms with E-state index >= 15 is 0 Å². The van der Waals surface area contributed by atoms with Gasteiger partial charge in [-0.05, 0) is 36.6 Å². The zero-order valence-electron chi connectivity index (χ0n) is 14.1. The fourth-order valence-corrected chi connectivity index (χ4v) is 4.07. The van der Waals surface area contributed by atoms with Crippen molar-refractivity contribution in [2.45, 2.75) is 24.9 Å². The summed E-state index contributed by atoms with van der Waals surface area (Å²) in [6, 6.07) is 15.7. The van der Waals surface area contributed by atoms with Gasteiger partial charge in [0, 0.05) is 33.2 Å². The molecule has 0 radical (unpaired) electrons. The monoisotopic (exact) mass is 325 g/mol. The van der Waals surface area contributed by atoms with Crippen molar-refractivity contribution in [2.24, 2.45) is 0 Å². The molecule has 0 atom stereocenters. The minimum absolute atomic E-state index is 0.0583. The lowest BCUT2D eigenvalue weighted by Gasteiger charge is -2.49. The van der Waals surface area contributed by atoms with Crippen LogP contribution in [-0.4, -0.2) is 37.1 Å². The molecule has 2 heterocycles. The Bertz CT molecular complexity index is 708. The molecule has 0 unspecified atom stereocenters. The van der Waals surface area contributed by atoms with E-state index in [9.17, 15) is 4.39 Å². The van der Waals surface area contributed by atoms with Crippen molar-refractivity contribution in [3.63, 3.8) is 0 Å². The van der Waals surface area contributed by atoms with Crippen LogP contribution in [-0.2, 0) is 6.54 Å². The third kappa shape index (κ3) is 2.98. The molecular weight excluding hydrogens is 301 g/mol. The number of nitrogens with zero attached hydrogens (tertiary/aromatic N) is 2. The van der Waals surface area contributed by atoms with Gasteiger partial charge < -0.3 is 10.2 Å². The molecule has 4 heteroatoms. The molecule has 2 aliphatic rings. The van der Waals surface area contributed by atoms with E-state index in [0.717, 1.165) is 50.4 Å². The van der Waals surface area contributed by atoms with Crippen molar-refractivity contribution < 1.29 is 4.39 Å². The molecule has 0 saturated carbocycles. The van der Waals surface area contributed by atoms with Gasteiger partial charge in [-0.1, -0.05) is 30.3 Å². The van der Waals surface area contributed by atoms with Gasteiger partial charge in [0.2, 0.25) is 0 Å². The number of fused-ring (bicyclic) bond motifs is 1. The van der Waals surface area contributed by atoms with Gasteiger partial charge in [0.15, 0.2) is 0 Å². The number of likely N-dealkylation sites (N-methyl/N-ethyl adjacent to an activating group) is 1. The highest BCUT2D eigenvalue weighted by atomic mass is 19.1. The summed E-state index contributed by atoms with van der Waals surface area (Å²) >= 11 is 0. The largest absolute Gasteiger partial charge is 0.376 e. The summed E-state index contributed by atoms with van der Waals surface area (Å²) in [4.78, 5) is 4.78. The Morgan fingerprint density at radius 3 is 2.58 bits per heavy atom. The first kappa shape index (κ1) is 15.5. The van der Waals surface area contributed by atoms with E-state index in [1.165, 1.54) is 11.6 Å². The zero-order chi connectivity index (χ0) is 16.6. The normalized spacial score (nSPS) is 19.8. The lowest BCUT2D eigenvalue weighted by Crippen LogP contribution is -2.57. The third-order valence-electron chi connectivity index (χ3n) is 5.37. The number of hydrogen-bond donors (Lipinski definition) is 1. The summed E-state index contributed by atoms with van der Waals surface area (Å²) in [7, 11) is 2.11. The van der Waals surface area contributed by atoms with Crippen LogP contribution in [0.2, 0.25) is 0 Å². The van der Waals surface area contributed by atoms with Crippen molar-refractivity contribution in [1.29, 1.82) is 0 Å². The Morgan fingerprint density at radius 1 is 1.08 bits per heavy atom. The van der Waals surface area contributed by atoms with Crippen molar-refractivity contribution >= 4 is 11.4 Å². The topological polar surface area (TPSA) is 18.5 Å². The molecule has 1 N–H and O–H groups in total. The number of halogens is 1. The molecule has 126 valence electrons. The molecule has 4 rings (SSSR count). The second-order valence-electron chi connectivity index (χ2n) is 7.18. The van der Waals surface area contributed by atoms with E-state index in [0.29, 0.717) is 0 Å². The molecule has 2 aromatic rings. The van der Waals surface area contributed by atoms with Crippen molar-refractivity contribution in [2.75, 3.05) is 36.9 Å². The number of nitrogens with one attached hydrogen (secondary N) is 1. The molecule has 0 amide bonds. The van der Waals surface area contributed by atoms with Crippen molar-refractivity contribution in [3.05, 3.63) is 59.9 Å². The highest BCUT2D eigenvalue weighted by Crippen LogP contribution is 2.38. The van der Waals surface area contributed by atoms with Crippen molar-refractivity contribution in [1.82, 2.24) is 4.90 Å². The van der Waals surface area contributed by atoms with Gasteiger partial charge in [-0.25, -0.2) is 4.39 Å². The van der Waals surface area contributed by atoms with E-state index < -0.39 is 0 Å². The fraction of sp³-hybridized carbons (Fsp3) is 0.400. The first-order chi connectivity index (χ1) is 11.6. The van der Waals surface area contributed by atoms with Crippen LogP contribution in [0, 0.1) is 5.82 Å². The van der Waals surface area contributed by atoms with E-state index in [1.54, 1.807) is 6.07 Å². The molecule has 2 aromatic carbocycles. The molecule has 1 spiro atoms. The maximum absolute atomic E-state index is 13.6. The van der Waals surface area contributed by atoms with Gasteiger partial charge >= 0.3 is 0 Å². The number of anilines is 2. The number of benzene rings is 2. The second-order valence-corrected chi connectivity index (χ2v) is 7.18. The van der Waals surface area contributed by atoms with Crippen LogP contribution >= 0.6 is 0 Å². The quantitative estimate of drug-likeness (QED) is 0.908. The standard InChI is InChI=1S/C20H24FN3/c1-23-15-20(22-18-13-17(21)7-8-19(18)23)9-11-24(12-10-20)14-16-5-3-2-4-6-16/h2-8,13,22H,9-12,14-15H2,1H3. The number of piperidine rings is 1. The Morgan fingerprint density at radius 2 is 1.83 bits per heavy atom. The first-order valence-corrected chi connectivity index (χ1v) is 8.69. The molecule has 1 fully saturated rings. The van der Waals surface area contributed by atoms with Gasteiger partial charge in [0.05, 0.1) is 16.9 Å². The molecule has 24 heavy (non-hydrogen) atoms. The summed E-state index contributed by atoms with van der Waals surface area (Å²) in [6.45, 7) is 4.13. The lowest BCUT2D eigenvalue weighted by atomic mass is 9.84. The Labute approximate surface area is 143 Å². The Hall–Kier alpha value is -2.07. The van der Waals surface area contributed by atoms with Crippen LogP contribution in [0.25, 0.3) is 0 Å². The van der Waals surface area contributed by atoms with Gasteiger partial charge in [-0.2, -0.15) is 0 Å². The van der Waals surface area contributed by atoms with E-state index in [4.69, 9.17) is 0 Å². The molecule has 2 aliphatic heterocycles. The van der Waals surface area contributed by atoms with Crippen LogP contribution in [0.15, 0.2) is 48.5 Å². The van der Waals surface area contributed by atoms with Gasteiger partial charge in [-0.3, -0.25) is 4.90 Å². The summed E-state index contributed by atoms with van der Waals surface area (Å²) in [5.41, 5.74) is 3.45. The van der Waals surface area contributed by atoms with Gasteiger partial charge in [0.25, 0.3) is 0 Å². The molecule has 0 aliphatic carbocycles. The summed E-state index contributed by atoms with van der Waals surface area (Å²) < 4.78 is 13.6. The zero-order valence-corrected chi connectivity index (χ0v) is 14.1. The molecule has 3 nitrogen and oxygen atoms in total. The predicted molar refractivity (Wildman–Crippen MR) is 97.0 cm³/mol. The average molecular weight is 325 g/mol. The number of rotatable bonds is 2. The predicted octanol–water partition coefficient (Wildman–Crippen LogP) is 3.72. The summed E-state index contributed by atoms with van der Waals surface area (Å²) in [5, 5.41) is 3.66. The maximum Gasteiger partial charge on any atom is 0.125 e. The third-order valence-corrected chi connectivity index (χ3v) is 5.37. The van der Waals surface area contributed by atoms with E-state index in [2.05, 4.69) is 52.5 Å². The fourth-order valence-electron chi connectivity index (χ4n) is 4.07. The molecule has 1 saturated heterocycles. The number of likely N-dealkylation sites (tertiary alicyclic amines) is 1. The van der Waals surface area contributed by atoms with Gasteiger partial charge in [0.1, 0.15) is 5.82 Å². The minimum atomic E-state index is -0.173. The number of hydrogen-bond acceptors (Lipinski definition) is 3. The van der Waals surface area contributed by atoms with Crippen LogP contribution in [0.1, 0.15) is 18.4 Å². The highest BCUT2D eigenvalue weighted by molar-refractivity contribution is 5.73. The highest BCUT2D eigenvalue weighted by Gasteiger charge is 2.39. The Kier molecular flexibility index (Phi) is 3.93. The lowest BCUT2D eigenvalue weighted by molar-refractivity contribution is 0.167. The minimum Gasteiger partial charge on any atom is -0.376 e. The SMILES string of the molecule is CN1CC2(CCN(Cc3ccccc3)CC2)Nc2cc(F)ccc21. The Balaban J connectivity index is 1.45. The smallest absolute Gasteiger partial charge is 0.125 e. The first-order valence-electron chi connectivity index (χ1n) is 8.69. The molecular formula is C20H24FN3. The van der Waals surface area contributed by atoms with Crippen LogP contribution in [0.3, 0.4) is 0 Å². The van der Waals surface area contributed by atoms with Gasteiger partial charge in [-0.15, -0.1) is 0 Å². The molecule has 0 bridgehead atoms. The van der Waals surface area contributed by atoms with E-state index in [-0.39, 0.29) is 11.4 Å².